The molecule has 0 bridgehead atoms. The summed E-state index contributed by atoms with van der Waals surface area (Å²) in [4.78, 5) is 2.72. The summed E-state index contributed by atoms with van der Waals surface area (Å²) in [7, 11) is -3.40. The Morgan fingerprint density at radius 3 is 2.19 bits per heavy atom. The van der Waals surface area contributed by atoms with Crippen LogP contribution in [0.2, 0.25) is 5.02 Å². The quantitative estimate of drug-likeness (QED) is 0.781. The first-order valence-electron chi connectivity index (χ1n) is 8.90. The van der Waals surface area contributed by atoms with Crippen molar-refractivity contribution < 1.29 is 8.42 Å². The molecule has 2 aromatic carbocycles. The maximum atomic E-state index is 12.9. The highest BCUT2D eigenvalue weighted by atomic mass is 35.5. The molecule has 0 unspecified atom stereocenters. The van der Waals surface area contributed by atoms with E-state index < -0.39 is 10.0 Å². The molecular formula is C20H25ClN2O2S. The van der Waals surface area contributed by atoms with E-state index in [1.165, 1.54) is 5.56 Å². The lowest BCUT2D eigenvalue weighted by Crippen LogP contribution is -2.49. The summed E-state index contributed by atoms with van der Waals surface area (Å²) in [5.74, 6) is 0. The SMILES string of the molecule is Cc1ccc(S(=O)(=O)N2CCN(CCc3ccc(Cl)cc3)CC2)cc1C. The fourth-order valence-corrected chi connectivity index (χ4v) is 4.79. The van der Waals surface area contributed by atoms with Crippen molar-refractivity contribution in [1.29, 1.82) is 0 Å². The molecule has 1 saturated heterocycles. The zero-order valence-electron chi connectivity index (χ0n) is 15.3. The van der Waals surface area contributed by atoms with E-state index in [2.05, 4.69) is 4.90 Å². The zero-order valence-corrected chi connectivity index (χ0v) is 16.9. The Bertz CT molecular complexity index is 858. The summed E-state index contributed by atoms with van der Waals surface area (Å²) in [5, 5.41) is 0.749. The molecule has 0 amide bonds. The molecule has 1 fully saturated rings. The van der Waals surface area contributed by atoms with Crippen molar-refractivity contribution in [2.24, 2.45) is 0 Å². The van der Waals surface area contributed by atoms with Gasteiger partial charge in [-0.3, -0.25) is 0 Å². The molecule has 4 nitrogen and oxygen atoms in total. The van der Waals surface area contributed by atoms with Gasteiger partial charge in [0.2, 0.25) is 10.0 Å². The molecule has 6 heteroatoms. The Hall–Kier alpha value is -1.40. The molecule has 3 rings (SSSR count). The van der Waals surface area contributed by atoms with E-state index in [0.29, 0.717) is 18.0 Å². The van der Waals surface area contributed by atoms with Gasteiger partial charge in [0.25, 0.3) is 0 Å². The number of hydrogen-bond donors (Lipinski definition) is 0. The Labute approximate surface area is 161 Å². The fraction of sp³-hybridized carbons (Fsp3) is 0.400. The Kier molecular flexibility index (Phi) is 6.03. The van der Waals surface area contributed by atoms with Crippen molar-refractivity contribution in [1.82, 2.24) is 9.21 Å². The van der Waals surface area contributed by atoms with Gasteiger partial charge in [-0.2, -0.15) is 4.31 Å². The third-order valence-electron chi connectivity index (χ3n) is 5.08. The molecule has 0 saturated carbocycles. The number of aryl methyl sites for hydroxylation is 2. The summed E-state index contributed by atoms with van der Waals surface area (Å²) in [6.45, 7) is 7.47. The third-order valence-corrected chi connectivity index (χ3v) is 7.22. The Balaban J connectivity index is 1.57. The number of sulfonamides is 1. The summed E-state index contributed by atoms with van der Waals surface area (Å²) >= 11 is 5.92. The van der Waals surface area contributed by atoms with Crippen LogP contribution in [-0.4, -0.2) is 50.3 Å². The van der Waals surface area contributed by atoms with Crippen LogP contribution in [0.3, 0.4) is 0 Å². The molecule has 0 aromatic heterocycles. The number of rotatable bonds is 5. The van der Waals surface area contributed by atoms with Gasteiger partial charge in [-0.05, 0) is 61.2 Å². The van der Waals surface area contributed by atoms with Crippen molar-refractivity contribution in [2.75, 3.05) is 32.7 Å². The van der Waals surface area contributed by atoms with E-state index in [0.717, 1.165) is 42.2 Å². The van der Waals surface area contributed by atoms with Crippen LogP contribution < -0.4 is 0 Å². The first-order valence-corrected chi connectivity index (χ1v) is 10.7. The minimum absolute atomic E-state index is 0.398. The lowest BCUT2D eigenvalue weighted by Gasteiger charge is -2.34. The highest BCUT2D eigenvalue weighted by Crippen LogP contribution is 2.20. The van der Waals surface area contributed by atoms with E-state index in [-0.39, 0.29) is 0 Å². The predicted molar refractivity (Wildman–Crippen MR) is 106 cm³/mol. The monoisotopic (exact) mass is 392 g/mol. The summed E-state index contributed by atoms with van der Waals surface area (Å²) in [6.07, 6.45) is 0.946. The summed E-state index contributed by atoms with van der Waals surface area (Å²) in [5.41, 5.74) is 3.36. The highest BCUT2D eigenvalue weighted by molar-refractivity contribution is 7.89. The first-order chi connectivity index (χ1) is 12.4. The van der Waals surface area contributed by atoms with Gasteiger partial charge < -0.3 is 4.90 Å². The van der Waals surface area contributed by atoms with Gasteiger partial charge in [0.05, 0.1) is 4.90 Å². The van der Waals surface area contributed by atoms with Gasteiger partial charge in [0.1, 0.15) is 0 Å². The topological polar surface area (TPSA) is 40.6 Å². The van der Waals surface area contributed by atoms with Crippen LogP contribution in [0.4, 0.5) is 0 Å². The fourth-order valence-electron chi connectivity index (χ4n) is 3.16. The van der Waals surface area contributed by atoms with Crippen LogP contribution >= 0.6 is 11.6 Å². The average molecular weight is 393 g/mol. The third kappa shape index (κ3) is 4.46. The second-order valence-electron chi connectivity index (χ2n) is 6.87. The van der Waals surface area contributed by atoms with E-state index in [1.807, 2.05) is 44.2 Å². The van der Waals surface area contributed by atoms with Gasteiger partial charge in [-0.15, -0.1) is 0 Å². The van der Waals surface area contributed by atoms with E-state index in [9.17, 15) is 8.42 Å². The molecule has 0 N–H and O–H groups in total. The minimum atomic E-state index is -3.40. The number of benzene rings is 2. The number of halogens is 1. The van der Waals surface area contributed by atoms with Crippen LogP contribution in [0, 0.1) is 13.8 Å². The second-order valence-corrected chi connectivity index (χ2v) is 9.24. The van der Waals surface area contributed by atoms with Crippen LogP contribution in [0.5, 0.6) is 0 Å². The van der Waals surface area contributed by atoms with Crippen molar-refractivity contribution in [3.05, 3.63) is 64.2 Å². The molecule has 26 heavy (non-hydrogen) atoms. The molecular weight excluding hydrogens is 368 g/mol. The maximum Gasteiger partial charge on any atom is 0.243 e. The van der Waals surface area contributed by atoms with E-state index in [1.54, 1.807) is 16.4 Å². The molecule has 1 heterocycles. The van der Waals surface area contributed by atoms with E-state index in [4.69, 9.17) is 11.6 Å². The molecule has 140 valence electrons. The maximum absolute atomic E-state index is 12.9. The predicted octanol–water partition coefficient (Wildman–Crippen LogP) is 3.51. The molecule has 0 radical (unpaired) electrons. The lowest BCUT2D eigenvalue weighted by molar-refractivity contribution is 0.190. The van der Waals surface area contributed by atoms with Gasteiger partial charge in [-0.25, -0.2) is 8.42 Å². The largest absolute Gasteiger partial charge is 0.300 e. The highest BCUT2D eigenvalue weighted by Gasteiger charge is 2.28. The van der Waals surface area contributed by atoms with Crippen molar-refractivity contribution in [2.45, 2.75) is 25.2 Å². The van der Waals surface area contributed by atoms with Crippen LogP contribution in [0.25, 0.3) is 0 Å². The molecule has 1 aliphatic rings. The molecule has 0 atom stereocenters. The molecule has 2 aromatic rings. The molecule has 0 aliphatic carbocycles. The average Bonchev–Trinajstić information content (AvgIpc) is 2.64. The van der Waals surface area contributed by atoms with Gasteiger partial charge in [0, 0.05) is 37.7 Å². The molecule has 1 aliphatic heterocycles. The molecule has 0 spiro atoms. The second kappa shape index (κ2) is 8.09. The van der Waals surface area contributed by atoms with Crippen molar-refractivity contribution in [3.63, 3.8) is 0 Å². The Morgan fingerprint density at radius 2 is 1.58 bits per heavy atom. The standard InChI is InChI=1S/C20H25ClN2O2S/c1-16-3-8-20(15-17(16)2)26(24,25)23-13-11-22(12-14-23)10-9-18-4-6-19(21)7-5-18/h3-8,15H,9-14H2,1-2H3. The van der Waals surface area contributed by atoms with Crippen LogP contribution in [0.15, 0.2) is 47.4 Å². The van der Waals surface area contributed by atoms with Crippen molar-refractivity contribution in [3.8, 4) is 0 Å². The first kappa shape index (κ1) is 19.4. The number of piperazine rings is 1. The summed E-state index contributed by atoms with van der Waals surface area (Å²) in [6, 6.07) is 13.3. The van der Waals surface area contributed by atoms with Gasteiger partial charge in [0.15, 0.2) is 0 Å². The number of nitrogens with zero attached hydrogens (tertiary/aromatic N) is 2. The Morgan fingerprint density at radius 1 is 0.923 bits per heavy atom. The smallest absolute Gasteiger partial charge is 0.243 e. The van der Waals surface area contributed by atoms with Crippen molar-refractivity contribution >= 4 is 21.6 Å². The summed E-state index contributed by atoms with van der Waals surface area (Å²) < 4.78 is 27.3. The van der Waals surface area contributed by atoms with Gasteiger partial charge in [-0.1, -0.05) is 29.8 Å². The number of hydrogen-bond acceptors (Lipinski definition) is 3. The van der Waals surface area contributed by atoms with Crippen LogP contribution in [0.1, 0.15) is 16.7 Å². The minimum Gasteiger partial charge on any atom is -0.300 e. The normalized spacial score (nSPS) is 16.7. The van der Waals surface area contributed by atoms with Crippen LogP contribution in [-0.2, 0) is 16.4 Å². The lowest BCUT2D eigenvalue weighted by atomic mass is 10.1. The van der Waals surface area contributed by atoms with Gasteiger partial charge >= 0.3 is 0 Å². The van der Waals surface area contributed by atoms with E-state index >= 15 is 0 Å². The zero-order chi connectivity index (χ0) is 18.7.